The van der Waals surface area contributed by atoms with Crippen LogP contribution in [0.2, 0.25) is 0 Å². The molecule has 4 N–H and O–H groups in total. The highest BCUT2D eigenvalue weighted by atomic mass is 16.5. The lowest BCUT2D eigenvalue weighted by Gasteiger charge is -2.24. The maximum absolute atomic E-state index is 13.7. The molecule has 2 atom stereocenters. The van der Waals surface area contributed by atoms with Gasteiger partial charge in [0.15, 0.2) is 17.3 Å². The molecule has 4 bridgehead atoms. The highest BCUT2D eigenvalue weighted by molar-refractivity contribution is 5.95. The van der Waals surface area contributed by atoms with Crippen LogP contribution in [0.25, 0.3) is 0 Å². The Balaban J connectivity index is 1.38. The van der Waals surface area contributed by atoms with Crippen LogP contribution in [0.1, 0.15) is 59.1 Å². The van der Waals surface area contributed by atoms with E-state index in [-0.39, 0.29) is 24.9 Å². The van der Waals surface area contributed by atoms with E-state index in [9.17, 15) is 19.2 Å². The first-order valence-corrected chi connectivity index (χ1v) is 18.0. The number of benzene rings is 3. The van der Waals surface area contributed by atoms with Crippen molar-refractivity contribution >= 4 is 23.6 Å². The number of carbonyl (C=O) groups is 4. The summed E-state index contributed by atoms with van der Waals surface area (Å²) < 4.78 is 22.7. The van der Waals surface area contributed by atoms with Gasteiger partial charge in [-0.05, 0) is 82.0 Å². The van der Waals surface area contributed by atoms with Gasteiger partial charge in [-0.25, -0.2) is 0 Å². The summed E-state index contributed by atoms with van der Waals surface area (Å²) in [7, 11) is 3.02. The van der Waals surface area contributed by atoms with Gasteiger partial charge in [0.2, 0.25) is 17.7 Å². The van der Waals surface area contributed by atoms with Crippen molar-refractivity contribution in [1.82, 2.24) is 31.3 Å². The molecule has 4 amide bonds. The molecule has 0 saturated carbocycles. The standard InChI is InChI=1S/C40H48N6O8/c1-26-20-32(54-45-26)24-46-19-9-8-18-41-39(49)29-14-17-34(51-3)36(21-29)53-31-15-13-30(35(22-31)52-4)23-42-38(48)27(2)43-40(50)33(44-37(47)25-46)16-12-28-10-6-5-7-11-28/h5-7,10-11,13-15,17,20-22,27,33H,8-9,12,16,18-19,23-25H2,1-4H3,(H,41,49)(H,42,48)(H,43,50)(H,44,47)/t27-,33-/m0/s1. The van der Waals surface area contributed by atoms with Crippen molar-refractivity contribution < 1.29 is 37.9 Å². The Labute approximate surface area is 314 Å². The van der Waals surface area contributed by atoms with Crippen LogP contribution < -0.4 is 35.5 Å². The van der Waals surface area contributed by atoms with E-state index in [1.807, 2.05) is 48.2 Å². The zero-order valence-corrected chi connectivity index (χ0v) is 31.1. The third-order valence-corrected chi connectivity index (χ3v) is 8.94. The quantitative estimate of drug-likeness (QED) is 0.203. The number of aryl methyl sites for hydroxylation is 2. The van der Waals surface area contributed by atoms with Gasteiger partial charge in [0.1, 0.15) is 23.6 Å². The van der Waals surface area contributed by atoms with E-state index in [0.717, 1.165) is 11.3 Å². The number of ether oxygens (including phenoxy) is 3. The van der Waals surface area contributed by atoms with E-state index >= 15 is 0 Å². The Kier molecular flexibility index (Phi) is 14.0. The fourth-order valence-electron chi connectivity index (χ4n) is 6.03. The van der Waals surface area contributed by atoms with Crippen molar-refractivity contribution in [3.8, 4) is 23.0 Å². The summed E-state index contributed by atoms with van der Waals surface area (Å²) in [5, 5.41) is 15.5. The molecule has 0 spiro atoms. The predicted octanol–water partition coefficient (Wildman–Crippen LogP) is 4.06. The maximum atomic E-state index is 13.7. The summed E-state index contributed by atoms with van der Waals surface area (Å²) in [4.78, 5) is 55.5. The number of rotatable bonds is 7. The van der Waals surface area contributed by atoms with Crippen molar-refractivity contribution in [2.24, 2.45) is 0 Å². The van der Waals surface area contributed by atoms with E-state index in [1.165, 1.54) is 14.2 Å². The molecule has 14 heteroatoms. The van der Waals surface area contributed by atoms with Crippen LogP contribution in [0, 0.1) is 6.92 Å². The summed E-state index contributed by atoms with van der Waals surface area (Å²) in [6.07, 6.45) is 2.13. The zero-order valence-electron chi connectivity index (χ0n) is 31.1. The van der Waals surface area contributed by atoms with Crippen molar-refractivity contribution in [3.05, 3.63) is 101 Å². The second-order valence-corrected chi connectivity index (χ2v) is 13.1. The minimum absolute atomic E-state index is 0.0215. The number of hydrogen-bond acceptors (Lipinski definition) is 10. The molecule has 0 saturated heterocycles. The normalized spacial score (nSPS) is 18.2. The Morgan fingerprint density at radius 3 is 2.41 bits per heavy atom. The first kappa shape index (κ1) is 39.3. The first-order chi connectivity index (χ1) is 26.1. The van der Waals surface area contributed by atoms with Gasteiger partial charge in [0.25, 0.3) is 5.91 Å². The molecule has 14 nitrogen and oxygen atoms in total. The van der Waals surface area contributed by atoms with E-state index in [1.54, 1.807) is 43.3 Å². The summed E-state index contributed by atoms with van der Waals surface area (Å²) in [6, 6.07) is 19.8. The van der Waals surface area contributed by atoms with Gasteiger partial charge in [-0.3, -0.25) is 24.1 Å². The van der Waals surface area contributed by atoms with Crippen LogP contribution in [0.5, 0.6) is 23.0 Å². The molecule has 2 aliphatic rings. The number of nitrogens with one attached hydrogen (secondary N) is 4. The first-order valence-electron chi connectivity index (χ1n) is 18.0. The smallest absolute Gasteiger partial charge is 0.251 e. The molecule has 0 aliphatic carbocycles. The summed E-state index contributed by atoms with van der Waals surface area (Å²) in [5.41, 5.74) is 2.79. The molecule has 54 heavy (non-hydrogen) atoms. The molecule has 3 aromatic carbocycles. The number of nitrogens with zero attached hydrogens (tertiary/aromatic N) is 2. The molecule has 6 rings (SSSR count). The van der Waals surface area contributed by atoms with Gasteiger partial charge in [0, 0.05) is 36.3 Å². The molecular weight excluding hydrogens is 692 g/mol. The largest absolute Gasteiger partial charge is 0.496 e. The Hall–Kier alpha value is -5.89. The van der Waals surface area contributed by atoms with Gasteiger partial charge in [-0.2, -0.15) is 0 Å². The van der Waals surface area contributed by atoms with Crippen molar-refractivity contribution in [2.45, 2.75) is 64.7 Å². The average molecular weight is 741 g/mol. The number of methoxy groups -OCH3 is 2. The lowest BCUT2D eigenvalue weighted by Crippen LogP contribution is -2.54. The molecule has 4 aromatic rings. The van der Waals surface area contributed by atoms with Gasteiger partial charge < -0.3 is 40.0 Å². The molecule has 0 fully saturated rings. The highest BCUT2D eigenvalue weighted by Gasteiger charge is 2.26. The highest BCUT2D eigenvalue weighted by Crippen LogP contribution is 2.35. The fraction of sp³-hybridized carbons (Fsp3) is 0.375. The SMILES string of the molecule is COc1cc2ccc1CNC(=O)[C@H](C)NC(=O)[C@H](CCc1ccccc1)NC(=O)CN(Cc1cc(C)no1)CCCCNC(=O)c1ccc(OC)c(c1)O2. The number of hydrogen-bond donors (Lipinski definition) is 4. The third kappa shape index (κ3) is 11.3. The van der Waals surface area contributed by atoms with Gasteiger partial charge in [0.05, 0.1) is 33.0 Å². The molecule has 3 heterocycles. The van der Waals surface area contributed by atoms with Crippen molar-refractivity contribution in [1.29, 1.82) is 0 Å². The molecule has 0 unspecified atom stereocenters. The third-order valence-electron chi connectivity index (χ3n) is 8.94. The van der Waals surface area contributed by atoms with Gasteiger partial charge >= 0.3 is 0 Å². The number of aromatic nitrogens is 1. The molecule has 286 valence electrons. The summed E-state index contributed by atoms with van der Waals surface area (Å²) in [6.45, 7) is 4.72. The number of carbonyl (C=O) groups excluding carboxylic acids is 4. The Morgan fingerprint density at radius 1 is 0.870 bits per heavy atom. The second-order valence-electron chi connectivity index (χ2n) is 13.1. The van der Waals surface area contributed by atoms with Gasteiger partial charge in [-0.1, -0.05) is 35.5 Å². The van der Waals surface area contributed by atoms with Crippen LogP contribution in [0.3, 0.4) is 0 Å². The lowest BCUT2D eigenvalue weighted by atomic mass is 10.0. The van der Waals surface area contributed by atoms with Gasteiger partial charge in [-0.15, -0.1) is 0 Å². The molecule has 2 aliphatic heterocycles. The molecule has 0 radical (unpaired) electrons. The number of fused-ring (bicyclic) bond motifs is 18. The molecular formula is C40H48N6O8. The van der Waals surface area contributed by atoms with Crippen LogP contribution in [0.4, 0.5) is 0 Å². The number of amides is 4. The fourth-order valence-corrected chi connectivity index (χ4v) is 6.03. The van der Waals surface area contributed by atoms with E-state index in [2.05, 4.69) is 26.4 Å². The van der Waals surface area contributed by atoms with Crippen molar-refractivity contribution in [2.75, 3.05) is 33.9 Å². The maximum Gasteiger partial charge on any atom is 0.251 e. The molecule has 1 aromatic heterocycles. The minimum Gasteiger partial charge on any atom is -0.496 e. The Morgan fingerprint density at radius 2 is 1.67 bits per heavy atom. The van der Waals surface area contributed by atoms with Crippen LogP contribution in [-0.4, -0.2) is 79.6 Å². The summed E-state index contributed by atoms with van der Waals surface area (Å²) >= 11 is 0. The average Bonchev–Trinajstić information content (AvgIpc) is 3.59. The van der Waals surface area contributed by atoms with E-state index < -0.39 is 23.9 Å². The Bertz CT molecular complexity index is 1900. The predicted molar refractivity (Wildman–Crippen MR) is 200 cm³/mol. The minimum atomic E-state index is -0.906. The van der Waals surface area contributed by atoms with Crippen LogP contribution in [0.15, 0.2) is 77.3 Å². The second kappa shape index (κ2) is 19.3. The summed E-state index contributed by atoms with van der Waals surface area (Å²) in [5.74, 6) is 0.724. The lowest BCUT2D eigenvalue weighted by molar-refractivity contribution is -0.132. The van der Waals surface area contributed by atoms with Crippen molar-refractivity contribution in [3.63, 3.8) is 0 Å². The monoisotopic (exact) mass is 740 g/mol. The van der Waals surface area contributed by atoms with Crippen LogP contribution in [-0.2, 0) is 33.9 Å². The van der Waals surface area contributed by atoms with Crippen LogP contribution >= 0.6 is 0 Å². The topological polar surface area (TPSA) is 173 Å². The zero-order chi connectivity index (χ0) is 38.5. The van der Waals surface area contributed by atoms with E-state index in [0.29, 0.717) is 85.2 Å². The van der Waals surface area contributed by atoms with E-state index in [4.69, 9.17) is 18.7 Å².